The third-order valence-electron chi connectivity index (χ3n) is 4.22. The number of thiazole rings is 1. The van der Waals surface area contributed by atoms with Crippen molar-refractivity contribution in [2.75, 3.05) is 11.9 Å². The molecule has 0 unspecified atom stereocenters. The van der Waals surface area contributed by atoms with Crippen molar-refractivity contribution in [1.82, 2.24) is 4.98 Å². The third kappa shape index (κ3) is 5.09. The van der Waals surface area contributed by atoms with Crippen LogP contribution in [-0.4, -0.2) is 17.5 Å². The van der Waals surface area contributed by atoms with Gasteiger partial charge in [0.2, 0.25) is 5.91 Å². The minimum Gasteiger partial charge on any atom is -0.493 e. The lowest BCUT2D eigenvalue weighted by molar-refractivity contribution is -0.111. The fourth-order valence-electron chi connectivity index (χ4n) is 2.61. The van der Waals surface area contributed by atoms with E-state index in [0.717, 1.165) is 27.0 Å². The molecule has 28 heavy (non-hydrogen) atoms. The van der Waals surface area contributed by atoms with E-state index >= 15 is 0 Å². The van der Waals surface area contributed by atoms with Crippen LogP contribution in [0.3, 0.4) is 0 Å². The summed E-state index contributed by atoms with van der Waals surface area (Å²) in [5.41, 5.74) is 5.21. The number of hydrogen-bond donors (Lipinski definition) is 1. The van der Waals surface area contributed by atoms with E-state index in [1.165, 1.54) is 28.5 Å². The Morgan fingerprint density at radius 2 is 2.04 bits per heavy atom. The minimum atomic E-state index is -0.233. The van der Waals surface area contributed by atoms with E-state index in [4.69, 9.17) is 4.74 Å². The highest BCUT2D eigenvalue weighted by atomic mass is 79.9. The number of carbonyl (C=O) groups excluding carboxylic acids is 1. The van der Waals surface area contributed by atoms with Crippen molar-refractivity contribution in [3.8, 4) is 17.0 Å². The SMILES string of the molecule is CCOc1ccc(Br)cc1/C=C/C(=O)Nc1nc(-c2ccc(C)c(C)c2)cs1. The topological polar surface area (TPSA) is 51.2 Å². The van der Waals surface area contributed by atoms with Crippen LogP contribution in [-0.2, 0) is 4.79 Å². The zero-order chi connectivity index (χ0) is 20.1. The maximum atomic E-state index is 12.3. The first-order valence-electron chi connectivity index (χ1n) is 8.91. The van der Waals surface area contributed by atoms with E-state index in [1.807, 2.05) is 36.6 Å². The molecule has 1 aromatic heterocycles. The molecule has 3 aromatic rings. The molecule has 0 aliphatic heterocycles. The molecule has 4 nitrogen and oxygen atoms in total. The number of nitrogens with one attached hydrogen (secondary N) is 1. The Morgan fingerprint density at radius 3 is 2.79 bits per heavy atom. The Kier molecular flexibility index (Phi) is 6.65. The largest absolute Gasteiger partial charge is 0.493 e. The van der Waals surface area contributed by atoms with Crippen LogP contribution < -0.4 is 10.1 Å². The van der Waals surface area contributed by atoms with Crippen molar-refractivity contribution in [2.24, 2.45) is 0 Å². The average Bonchev–Trinajstić information content (AvgIpc) is 3.12. The van der Waals surface area contributed by atoms with Crippen LogP contribution in [0.15, 0.2) is 52.3 Å². The van der Waals surface area contributed by atoms with Gasteiger partial charge in [-0.1, -0.05) is 28.1 Å². The second kappa shape index (κ2) is 9.17. The van der Waals surface area contributed by atoms with E-state index in [-0.39, 0.29) is 5.91 Å². The molecule has 1 N–H and O–H groups in total. The van der Waals surface area contributed by atoms with Crippen LogP contribution >= 0.6 is 27.3 Å². The predicted octanol–water partition coefficient (Wildman–Crippen LogP) is 6.24. The summed E-state index contributed by atoms with van der Waals surface area (Å²) in [6, 6.07) is 11.9. The van der Waals surface area contributed by atoms with E-state index < -0.39 is 0 Å². The molecule has 0 bridgehead atoms. The van der Waals surface area contributed by atoms with E-state index in [9.17, 15) is 4.79 Å². The number of carbonyl (C=O) groups is 1. The van der Waals surface area contributed by atoms with Crippen LogP contribution in [0.1, 0.15) is 23.6 Å². The highest BCUT2D eigenvalue weighted by molar-refractivity contribution is 9.10. The van der Waals surface area contributed by atoms with Gasteiger partial charge in [0.25, 0.3) is 0 Å². The molecule has 6 heteroatoms. The van der Waals surface area contributed by atoms with Crippen molar-refractivity contribution in [3.05, 3.63) is 69.0 Å². The van der Waals surface area contributed by atoms with Gasteiger partial charge in [-0.2, -0.15) is 0 Å². The molecule has 0 aliphatic carbocycles. The number of ether oxygens (including phenoxy) is 1. The molecule has 0 saturated heterocycles. The first kappa shape index (κ1) is 20.3. The second-order valence-corrected chi connectivity index (χ2v) is 8.05. The zero-order valence-corrected chi connectivity index (χ0v) is 18.4. The number of nitrogens with zero attached hydrogens (tertiary/aromatic N) is 1. The van der Waals surface area contributed by atoms with Gasteiger partial charge in [-0.05, 0) is 62.2 Å². The van der Waals surface area contributed by atoms with E-state index in [1.54, 1.807) is 6.08 Å². The molecular formula is C22H21BrN2O2S. The number of hydrogen-bond acceptors (Lipinski definition) is 4. The number of benzene rings is 2. The summed E-state index contributed by atoms with van der Waals surface area (Å²) in [6.45, 7) is 6.66. The van der Waals surface area contributed by atoms with Gasteiger partial charge < -0.3 is 4.74 Å². The Morgan fingerprint density at radius 1 is 1.21 bits per heavy atom. The molecule has 3 rings (SSSR count). The molecule has 0 saturated carbocycles. The number of anilines is 1. The quantitative estimate of drug-likeness (QED) is 0.446. The van der Waals surface area contributed by atoms with Crippen LogP contribution in [0.25, 0.3) is 17.3 Å². The molecular weight excluding hydrogens is 436 g/mol. The van der Waals surface area contributed by atoms with E-state index in [2.05, 4.69) is 52.2 Å². The number of rotatable bonds is 6. The van der Waals surface area contributed by atoms with Crippen molar-refractivity contribution < 1.29 is 9.53 Å². The van der Waals surface area contributed by atoms with Crippen molar-refractivity contribution >= 4 is 44.4 Å². The molecule has 0 atom stereocenters. The highest BCUT2D eigenvalue weighted by Crippen LogP contribution is 2.27. The summed E-state index contributed by atoms with van der Waals surface area (Å²) in [4.78, 5) is 16.8. The molecule has 1 heterocycles. The summed E-state index contributed by atoms with van der Waals surface area (Å²) in [7, 11) is 0. The molecule has 1 amide bonds. The summed E-state index contributed by atoms with van der Waals surface area (Å²) in [6.07, 6.45) is 3.23. The average molecular weight is 457 g/mol. The van der Waals surface area contributed by atoms with Crippen LogP contribution in [0.2, 0.25) is 0 Å². The number of halogens is 1. The molecule has 0 aliphatic rings. The lowest BCUT2D eigenvalue weighted by Gasteiger charge is -2.07. The predicted molar refractivity (Wildman–Crippen MR) is 120 cm³/mol. The maximum absolute atomic E-state index is 12.3. The Hall–Kier alpha value is -2.44. The van der Waals surface area contributed by atoms with Gasteiger partial charge in [0.05, 0.1) is 12.3 Å². The summed E-state index contributed by atoms with van der Waals surface area (Å²) < 4.78 is 6.52. The summed E-state index contributed by atoms with van der Waals surface area (Å²) in [5.74, 6) is 0.504. The Bertz CT molecular complexity index is 1030. The summed E-state index contributed by atoms with van der Waals surface area (Å²) in [5, 5.41) is 5.34. The maximum Gasteiger partial charge on any atom is 0.250 e. The monoisotopic (exact) mass is 456 g/mol. The van der Waals surface area contributed by atoms with Gasteiger partial charge in [-0.15, -0.1) is 11.3 Å². The van der Waals surface area contributed by atoms with Crippen molar-refractivity contribution in [3.63, 3.8) is 0 Å². The Labute approximate surface area is 177 Å². The van der Waals surface area contributed by atoms with Gasteiger partial charge >= 0.3 is 0 Å². The number of aromatic nitrogens is 1. The van der Waals surface area contributed by atoms with Gasteiger partial charge in [0, 0.05) is 27.1 Å². The van der Waals surface area contributed by atoms with Crippen LogP contribution in [0, 0.1) is 13.8 Å². The number of aryl methyl sites for hydroxylation is 2. The first-order chi connectivity index (χ1) is 13.5. The van der Waals surface area contributed by atoms with Crippen molar-refractivity contribution in [1.29, 1.82) is 0 Å². The van der Waals surface area contributed by atoms with Crippen LogP contribution in [0.5, 0.6) is 5.75 Å². The highest BCUT2D eigenvalue weighted by Gasteiger charge is 2.08. The standard InChI is InChI=1S/C22H21BrN2O2S/c1-4-27-20-9-8-18(23)12-17(20)7-10-21(26)25-22-24-19(13-28-22)16-6-5-14(2)15(3)11-16/h5-13H,4H2,1-3H3,(H,24,25,26)/b10-7+. The lowest BCUT2D eigenvalue weighted by atomic mass is 10.1. The zero-order valence-electron chi connectivity index (χ0n) is 16.0. The van der Waals surface area contributed by atoms with Crippen LogP contribution in [0.4, 0.5) is 5.13 Å². The fraction of sp³-hybridized carbons (Fsp3) is 0.182. The molecule has 2 aromatic carbocycles. The van der Waals surface area contributed by atoms with Gasteiger partial charge in [0.1, 0.15) is 5.75 Å². The lowest BCUT2D eigenvalue weighted by Crippen LogP contribution is -2.07. The third-order valence-corrected chi connectivity index (χ3v) is 5.47. The molecule has 0 spiro atoms. The van der Waals surface area contributed by atoms with Gasteiger partial charge in [0.15, 0.2) is 5.13 Å². The summed E-state index contributed by atoms with van der Waals surface area (Å²) >= 11 is 4.85. The van der Waals surface area contributed by atoms with Gasteiger partial charge in [-0.3, -0.25) is 10.1 Å². The van der Waals surface area contributed by atoms with Crippen molar-refractivity contribution in [2.45, 2.75) is 20.8 Å². The minimum absolute atomic E-state index is 0.233. The molecule has 144 valence electrons. The Balaban J connectivity index is 1.70. The molecule has 0 radical (unpaired) electrons. The second-order valence-electron chi connectivity index (χ2n) is 6.27. The smallest absolute Gasteiger partial charge is 0.250 e. The first-order valence-corrected chi connectivity index (χ1v) is 10.6. The van der Waals surface area contributed by atoms with E-state index in [0.29, 0.717) is 11.7 Å². The number of amides is 1. The van der Waals surface area contributed by atoms with Gasteiger partial charge in [-0.25, -0.2) is 4.98 Å². The fourth-order valence-corrected chi connectivity index (χ4v) is 3.71. The normalized spacial score (nSPS) is 11.0. The molecule has 0 fully saturated rings.